The molecule has 1 fully saturated rings. The zero-order valence-electron chi connectivity index (χ0n) is 19.0. The van der Waals surface area contributed by atoms with Crippen molar-refractivity contribution in [1.82, 2.24) is 15.1 Å². The molecule has 1 atom stereocenters. The first kappa shape index (κ1) is 23.7. The molecule has 34 heavy (non-hydrogen) atoms. The number of hydrogen-bond donors (Lipinski definition) is 1. The van der Waals surface area contributed by atoms with Crippen LogP contribution in [0.25, 0.3) is 0 Å². The van der Waals surface area contributed by atoms with Crippen LogP contribution in [0, 0.1) is 0 Å². The number of likely N-dealkylation sites (tertiary alicyclic amines) is 1. The standard InChI is InChI=1S/C25H27N3O5S/c1-32-21-14-18(9-10-20(21)33-16-17-6-3-2-4-7-17)15-23(29)28-13-5-8-19(28)25-27-26-22(34-25)11-12-24(30)31/h2-4,6-7,9-10,14,19H,5,8,11-13,15-16H2,1H3,(H,30,31). The molecule has 8 nitrogen and oxygen atoms in total. The lowest BCUT2D eigenvalue weighted by Gasteiger charge is -2.23. The minimum absolute atomic E-state index is 0.0183. The number of nitrogens with zero attached hydrogens (tertiary/aromatic N) is 3. The van der Waals surface area contributed by atoms with E-state index in [1.54, 1.807) is 7.11 Å². The molecule has 0 bridgehead atoms. The summed E-state index contributed by atoms with van der Waals surface area (Å²) in [5.74, 6) is 0.377. The molecule has 1 amide bonds. The predicted octanol–water partition coefficient (Wildman–Crippen LogP) is 4.05. The van der Waals surface area contributed by atoms with Crippen molar-refractivity contribution in [2.24, 2.45) is 0 Å². The summed E-state index contributed by atoms with van der Waals surface area (Å²) in [6.07, 6.45) is 2.35. The number of carbonyl (C=O) groups is 2. The maximum atomic E-state index is 13.1. The highest BCUT2D eigenvalue weighted by molar-refractivity contribution is 7.11. The highest BCUT2D eigenvalue weighted by atomic mass is 32.1. The number of carboxylic acid groups (broad SMARTS) is 1. The van der Waals surface area contributed by atoms with Crippen molar-refractivity contribution in [3.05, 3.63) is 69.7 Å². The highest BCUT2D eigenvalue weighted by Gasteiger charge is 2.32. The molecule has 0 saturated carbocycles. The first-order chi connectivity index (χ1) is 16.5. The van der Waals surface area contributed by atoms with Crippen molar-refractivity contribution in [2.75, 3.05) is 13.7 Å². The molecule has 4 rings (SSSR count). The van der Waals surface area contributed by atoms with Crippen molar-refractivity contribution in [1.29, 1.82) is 0 Å². The molecule has 1 N–H and O–H groups in total. The molecule has 9 heteroatoms. The van der Waals surface area contributed by atoms with E-state index in [1.807, 2.05) is 53.4 Å². The summed E-state index contributed by atoms with van der Waals surface area (Å²) < 4.78 is 11.4. The maximum absolute atomic E-state index is 13.1. The Balaban J connectivity index is 1.39. The third-order valence-corrected chi connectivity index (χ3v) is 6.80. The second-order valence-electron chi connectivity index (χ2n) is 8.11. The first-order valence-corrected chi connectivity index (χ1v) is 12.0. The zero-order chi connectivity index (χ0) is 23.9. The number of ether oxygens (including phenoxy) is 2. The van der Waals surface area contributed by atoms with Crippen molar-refractivity contribution < 1.29 is 24.2 Å². The molecule has 2 aromatic carbocycles. The number of aryl methyl sites for hydroxylation is 1. The fourth-order valence-electron chi connectivity index (χ4n) is 3.99. The zero-order valence-corrected chi connectivity index (χ0v) is 19.8. The fraction of sp³-hybridized carbons (Fsp3) is 0.360. The normalized spacial score (nSPS) is 15.3. The summed E-state index contributed by atoms with van der Waals surface area (Å²) in [5, 5.41) is 18.7. The second kappa shape index (κ2) is 11.1. The summed E-state index contributed by atoms with van der Waals surface area (Å²) in [6.45, 7) is 1.10. The molecule has 2 heterocycles. The Bertz CT molecular complexity index is 1130. The molecular formula is C25H27N3O5S. The van der Waals surface area contributed by atoms with Crippen molar-refractivity contribution in [3.63, 3.8) is 0 Å². The Morgan fingerprint density at radius 2 is 1.94 bits per heavy atom. The van der Waals surface area contributed by atoms with E-state index >= 15 is 0 Å². The van der Waals surface area contributed by atoms with Crippen LogP contribution in [0.5, 0.6) is 11.5 Å². The number of aliphatic carboxylic acids is 1. The van der Waals surface area contributed by atoms with Gasteiger partial charge in [0.05, 0.1) is 26.0 Å². The van der Waals surface area contributed by atoms with E-state index < -0.39 is 5.97 Å². The lowest BCUT2D eigenvalue weighted by Crippen LogP contribution is -2.31. The van der Waals surface area contributed by atoms with Crippen LogP contribution in [-0.4, -0.2) is 45.7 Å². The topological polar surface area (TPSA) is 102 Å². The van der Waals surface area contributed by atoms with Gasteiger partial charge in [-0.3, -0.25) is 9.59 Å². The van der Waals surface area contributed by atoms with Gasteiger partial charge in [-0.1, -0.05) is 47.7 Å². The molecule has 1 aromatic heterocycles. The molecule has 0 radical (unpaired) electrons. The van der Waals surface area contributed by atoms with Gasteiger partial charge in [0.2, 0.25) is 5.91 Å². The summed E-state index contributed by atoms with van der Waals surface area (Å²) >= 11 is 1.40. The smallest absolute Gasteiger partial charge is 0.303 e. The van der Waals surface area contributed by atoms with Gasteiger partial charge in [0.1, 0.15) is 16.6 Å². The Morgan fingerprint density at radius 3 is 2.71 bits per heavy atom. The molecular weight excluding hydrogens is 454 g/mol. The van der Waals surface area contributed by atoms with Crippen LogP contribution in [0.2, 0.25) is 0 Å². The van der Waals surface area contributed by atoms with Crippen LogP contribution in [0.3, 0.4) is 0 Å². The largest absolute Gasteiger partial charge is 0.493 e. The van der Waals surface area contributed by atoms with Crippen LogP contribution in [0.1, 0.15) is 46.4 Å². The number of carbonyl (C=O) groups excluding carboxylic acids is 1. The number of aromatic nitrogens is 2. The van der Waals surface area contributed by atoms with E-state index in [-0.39, 0.29) is 24.8 Å². The number of methoxy groups -OCH3 is 1. The summed E-state index contributed by atoms with van der Waals surface area (Å²) in [6, 6.07) is 15.4. The molecule has 0 spiro atoms. The van der Waals surface area contributed by atoms with Gasteiger partial charge >= 0.3 is 5.97 Å². The summed E-state index contributed by atoms with van der Waals surface area (Å²) in [5.41, 5.74) is 1.91. The minimum atomic E-state index is -0.860. The lowest BCUT2D eigenvalue weighted by molar-refractivity contribution is -0.137. The Morgan fingerprint density at radius 1 is 1.12 bits per heavy atom. The van der Waals surface area contributed by atoms with Crippen LogP contribution in [-0.2, 0) is 29.0 Å². The quantitative estimate of drug-likeness (QED) is 0.466. The SMILES string of the molecule is COc1cc(CC(=O)N2CCCC2c2nnc(CCC(=O)O)s2)ccc1OCc1ccccc1. The predicted molar refractivity (Wildman–Crippen MR) is 127 cm³/mol. The van der Waals surface area contributed by atoms with E-state index in [1.165, 1.54) is 11.3 Å². The van der Waals surface area contributed by atoms with E-state index in [0.717, 1.165) is 29.0 Å². The van der Waals surface area contributed by atoms with E-state index in [0.29, 0.717) is 36.1 Å². The summed E-state index contributed by atoms with van der Waals surface area (Å²) in [7, 11) is 1.59. The number of hydrogen-bond acceptors (Lipinski definition) is 7. The molecule has 0 aliphatic carbocycles. The molecule has 1 unspecified atom stereocenters. The van der Waals surface area contributed by atoms with Crippen LogP contribution < -0.4 is 9.47 Å². The Kier molecular flexibility index (Phi) is 7.74. The second-order valence-corrected chi connectivity index (χ2v) is 9.20. The number of carboxylic acids is 1. The molecule has 178 valence electrons. The lowest BCUT2D eigenvalue weighted by atomic mass is 10.1. The third-order valence-electron chi connectivity index (χ3n) is 5.71. The van der Waals surface area contributed by atoms with Crippen molar-refractivity contribution >= 4 is 23.2 Å². The van der Waals surface area contributed by atoms with E-state index in [9.17, 15) is 9.59 Å². The molecule has 3 aromatic rings. The third kappa shape index (κ3) is 5.91. The van der Waals surface area contributed by atoms with Gasteiger partial charge in [-0.2, -0.15) is 0 Å². The Hall–Kier alpha value is -3.46. The molecule has 1 aliphatic heterocycles. The minimum Gasteiger partial charge on any atom is -0.493 e. The summed E-state index contributed by atoms with van der Waals surface area (Å²) in [4.78, 5) is 25.8. The van der Waals surface area contributed by atoms with E-state index in [2.05, 4.69) is 10.2 Å². The first-order valence-electron chi connectivity index (χ1n) is 11.2. The van der Waals surface area contributed by atoms with Gasteiger partial charge in [0.15, 0.2) is 11.5 Å². The van der Waals surface area contributed by atoms with Gasteiger partial charge in [-0.05, 0) is 36.1 Å². The number of amides is 1. The molecule has 1 aliphatic rings. The monoisotopic (exact) mass is 481 g/mol. The van der Waals surface area contributed by atoms with Crippen LogP contribution in [0.15, 0.2) is 48.5 Å². The Labute approximate surface area is 202 Å². The van der Waals surface area contributed by atoms with E-state index in [4.69, 9.17) is 14.6 Å². The van der Waals surface area contributed by atoms with Crippen molar-refractivity contribution in [3.8, 4) is 11.5 Å². The maximum Gasteiger partial charge on any atom is 0.303 e. The average Bonchev–Trinajstić information content (AvgIpc) is 3.52. The number of benzene rings is 2. The van der Waals surface area contributed by atoms with Gasteiger partial charge in [0, 0.05) is 13.0 Å². The van der Waals surface area contributed by atoms with Gasteiger partial charge in [0.25, 0.3) is 0 Å². The van der Waals surface area contributed by atoms with Crippen LogP contribution in [0.4, 0.5) is 0 Å². The van der Waals surface area contributed by atoms with Crippen molar-refractivity contribution in [2.45, 2.75) is 44.8 Å². The fourth-order valence-corrected chi connectivity index (χ4v) is 4.98. The highest BCUT2D eigenvalue weighted by Crippen LogP contribution is 2.35. The van der Waals surface area contributed by atoms with Gasteiger partial charge in [-0.15, -0.1) is 10.2 Å². The van der Waals surface area contributed by atoms with Gasteiger partial charge in [-0.25, -0.2) is 0 Å². The average molecular weight is 482 g/mol. The van der Waals surface area contributed by atoms with Gasteiger partial charge < -0.3 is 19.5 Å². The number of rotatable bonds is 10. The molecule has 1 saturated heterocycles. The van der Waals surface area contributed by atoms with Crippen LogP contribution >= 0.6 is 11.3 Å².